The first-order chi connectivity index (χ1) is 14.2. The number of nitrogens with zero attached hydrogens (tertiary/aromatic N) is 4. The van der Waals surface area contributed by atoms with Gasteiger partial charge in [0.05, 0.1) is 12.3 Å². The molecule has 2 heterocycles. The van der Waals surface area contributed by atoms with Gasteiger partial charge < -0.3 is 9.64 Å². The lowest BCUT2D eigenvalue weighted by atomic mass is 10.00. The predicted octanol–water partition coefficient (Wildman–Crippen LogP) is 3.98. The van der Waals surface area contributed by atoms with Crippen molar-refractivity contribution >= 4 is 22.9 Å². The largest absolute Gasteiger partial charge is 0.494 e. The molecule has 146 valence electrons. The number of hydrazone groups is 1. The Balaban J connectivity index is 1.82. The van der Waals surface area contributed by atoms with Crippen LogP contribution in [0.25, 0.3) is 0 Å². The molecule has 29 heavy (non-hydrogen) atoms. The summed E-state index contributed by atoms with van der Waals surface area (Å²) < 4.78 is 5.72. The SMILES string of the molecule is CCOc1ccc2c(c1)C(c1ccc(N(C)C)cc1)=NNC(c1cccnc1)=N2. The summed E-state index contributed by atoms with van der Waals surface area (Å²) in [5.41, 5.74) is 8.69. The fraction of sp³-hybridized carbons (Fsp3) is 0.174. The number of ether oxygens (including phenoxy) is 1. The van der Waals surface area contributed by atoms with Crippen molar-refractivity contribution in [3.05, 3.63) is 83.7 Å². The zero-order valence-corrected chi connectivity index (χ0v) is 16.8. The van der Waals surface area contributed by atoms with Gasteiger partial charge in [-0.2, -0.15) is 5.10 Å². The van der Waals surface area contributed by atoms with E-state index in [9.17, 15) is 0 Å². The summed E-state index contributed by atoms with van der Waals surface area (Å²) in [6.45, 7) is 2.58. The highest BCUT2D eigenvalue weighted by atomic mass is 16.5. The van der Waals surface area contributed by atoms with Crippen LogP contribution < -0.4 is 15.1 Å². The van der Waals surface area contributed by atoms with Crippen molar-refractivity contribution < 1.29 is 4.74 Å². The molecule has 2 aromatic carbocycles. The summed E-state index contributed by atoms with van der Waals surface area (Å²) in [7, 11) is 4.05. The van der Waals surface area contributed by atoms with E-state index >= 15 is 0 Å². The Morgan fingerprint density at radius 2 is 1.83 bits per heavy atom. The first-order valence-electron chi connectivity index (χ1n) is 9.53. The number of rotatable bonds is 5. The Bertz CT molecular complexity index is 1060. The number of hydrogen-bond acceptors (Lipinski definition) is 6. The van der Waals surface area contributed by atoms with Gasteiger partial charge in [0.15, 0.2) is 5.84 Å². The zero-order chi connectivity index (χ0) is 20.2. The topological polar surface area (TPSA) is 62.1 Å². The second-order valence-electron chi connectivity index (χ2n) is 6.83. The molecule has 0 spiro atoms. The average Bonchev–Trinajstić information content (AvgIpc) is 2.94. The third kappa shape index (κ3) is 3.96. The van der Waals surface area contributed by atoms with Crippen molar-refractivity contribution in [2.24, 2.45) is 10.1 Å². The molecule has 0 amide bonds. The van der Waals surface area contributed by atoms with E-state index in [1.165, 1.54) is 0 Å². The Labute approximate surface area is 170 Å². The minimum atomic E-state index is 0.602. The van der Waals surface area contributed by atoms with Crippen molar-refractivity contribution in [3.63, 3.8) is 0 Å². The molecule has 0 radical (unpaired) electrons. The van der Waals surface area contributed by atoms with Crippen molar-refractivity contribution in [1.82, 2.24) is 10.4 Å². The maximum atomic E-state index is 5.72. The van der Waals surface area contributed by atoms with Gasteiger partial charge in [-0.3, -0.25) is 10.4 Å². The molecule has 0 unspecified atom stereocenters. The van der Waals surface area contributed by atoms with E-state index in [0.29, 0.717) is 12.4 Å². The van der Waals surface area contributed by atoms with Crippen LogP contribution in [0.3, 0.4) is 0 Å². The van der Waals surface area contributed by atoms with Crippen LogP contribution in [0.5, 0.6) is 5.75 Å². The van der Waals surface area contributed by atoms with Crippen LogP contribution in [0, 0.1) is 0 Å². The van der Waals surface area contributed by atoms with E-state index in [2.05, 4.69) is 39.6 Å². The van der Waals surface area contributed by atoms with Crippen LogP contribution in [-0.4, -0.2) is 37.2 Å². The number of anilines is 1. The molecule has 0 saturated heterocycles. The lowest BCUT2D eigenvalue weighted by molar-refractivity contribution is 0.340. The molecule has 6 nitrogen and oxygen atoms in total. The third-order valence-corrected chi connectivity index (χ3v) is 4.63. The smallest absolute Gasteiger partial charge is 0.155 e. The number of aliphatic imine (C=N–C) groups is 1. The summed E-state index contributed by atoms with van der Waals surface area (Å²) >= 11 is 0. The van der Waals surface area contributed by atoms with Gasteiger partial charge in [-0.15, -0.1) is 0 Å². The molecule has 1 aliphatic heterocycles. The molecule has 0 bridgehead atoms. The van der Waals surface area contributed by atoms with Crippen LogP contribution in [0.4, 0.5) is 11.4 Å². The number of benzene rings is 2. The molecule has 0 fully saturated rings. The summed E-state index contributed by atoms with van der Waals surface area (Å²) in [5, 5.41) is 4.71. The summed E-state index contributed by atoms with van der Waals surface area (Å²) in [4.78, 5) is 11.1. The first kappa shape index (κ1) is 18.7. The van der Waals surface area contributed by atoms with Crippen molar-refractivity contribution in [3.8, 4) is 5.75 Å². The number of fused-ring (bicyclic) bond motifs is 1. The quantitative estimate of drug-likeness (QED) is 0.722. The molecule has 1 N–H and O–H groups in total. The molecule has 1 aromatic heterocycles. The Kier molecular flexibility index (Phi) is 5.24. The van der Waals surface area contributed by atoms with Gasteiger partial charge in [0.25, 0.3) is 0 Å². The zero-order valence-electron chi connectivity index (χ0n) is 16.8. The van der Waals surface area contributed by atoms with Crippen molar-refractivity contribution in [1.29, 1.82) is 0 Å². The predicted molar refractivity (Wildman–Crippen MR) is 118 cm³/mol. The van der Waals surface area contributed by atoms with Gasteiger partial charge in [0.1, 0.15) is 11.5 Å². The Hall–Kier alpha value is -3.67. The van der Waals surface area contributed by atoms with Gasteiger partial charge in [0.2, 0.25) is 0 Å². The summed E-state index contributed by atoms with van der Waals surface area (Å²) in [6, 6.07) is 18.0. The molecular weight excluding hydrogens is 362 g/mol. The van der Waals surface area contributed by atoms with Gasteiger partial charge in [0, 0.05) is 48.9 Å². The van der Waals surface area contributed by atoms with Gasteiger partial charge in [-0.25, -0.2) is 4.99 Å². The Morgan fingerprint density at radius 1 is 1.00 bits per heavy atom. The van der Waals surface area contributed by atoms with Crippen LogP contribution in [0.2, 0.25) is 0 Å². The standard InChI is InChI=1S/C23H23N5O/c1-4-29-19-11-12-21-20(14-19)22(16-7-9-18(10-8-16)28(2)3)26-27-23(25-21)17-6-5-13-24-15-17/h5-15H,4H2,1-3H3,(H,25,27). The van der Waals surface area contributed by atoms with Gasteiger partial charge in [-0.05, 0) is 49.4 Å². The highest BCUT2D eigenvalue weighted by Gasteiger charge is 2.18. The maximum absolute atomic E-state index is 5.72. The number of nitrogens with one attached hydrogen (secondary N) is 1. The van der Waals surface area contributed by atoms with Crippen LogP contribution in [0.15, 0.2) is 77.1 Å². The number of aromatic nitrogens is 1. The van der Waals surface area contributed by atoms with E-state index in [4.69, 9.17) is 14.8 Å². The van der Waals surface area contributed by atoms with E-state index < -0.39 is 0 Å². The average molecular weight is 385 g/mol. The van der Waals surface area contributed by atoms with Crippen LogP contribution in [-0.2, 0) is 0 Å². The van der Waals surface area contributed by atoms with Crippen molar-refractivity contribution in [2.75, 3.05) is 25.6 Å². The highest BCUT2D eigenvalue weighted by Crippen LogP contribution is 2.30. The minimum absolute atomic E-state index is 0.602. The van der Waals surface area contributed by atoms with E-state index in [-0.39, 0.29) is 0 Å². The van der Waals surface area contributed by atoms with E-state index in [1.807, 2.05) is 51.4 Å². The summed E-state index contributed by atoms with van der Waals surface area (Å²) in [6.07, 6.45) is 3.51. The number of amidine groups is 1. The lowest BCUT2D eigenvalue weighted by Crippen LogP contribution is -2.19. The van der Waals surface area contributed by atoms with Crippen molar-refractivity contribution in [2.45, 2.75) is 6.92 Å². The molecule has 3 aromatic rings. The second-order valence-corrected chi connectivity index (χ2v) is 6.83. The fourth-order valence-electron chi connectivity index (χ4n) is 3.14. The van der Waals surface area contributed by atoms with E-state index in [0.717, 1.165) is 39.5 Å². The highest BCUT2D eigenvalue weighted by molar-refractivity contribution is 6.18. The molecule has 0 saturated carbocycles. The molecule has 4 rings (SSSR count). The minimum Gasteiger partial charge on any atom is -0.494 e. The molecular formula is C23H23N5O. The Morgan fingerprint density at radius 3 is 2.52 bits per heavy atom. The first-order valence-corrected chi connectivity index (χ1v) is 9.53. The van der Waals surface area contributed by atoms with E-state index in [1.54, 1.807) is 12.4 Å². The van der Waals surface area contributed by atoms with Gasteiger partial charge >= 0.3 is 0 Å². The number of pyridine rings is 1. The molecule has 1 aliphatic rings. The third-order valence-electron chi connectivity index (χ3n) is 4.63. The molecule has 0 atom stereocenters. The molecule has 6 heteroatoms. The fourth-order valence-corrected chi connectivity index (χ4v) is 3.14. The van der Waals surface area contributed by atoms with Crippen LogP contribution >= 0.6 is 0 Å². The normalized spacial score (nSPS) is 12.8. The van der Waals surface area contributed by atoms with Crippen LogP contribution in [0.1, 0.15) is 23.6 Å². The summed E-state index contributed by atoms with van der Waals surface area (Å²) in [5.74, 6) is 1.45. The molecule has 0 aliphatic carbocycles. The van der Waals surface area contributed by atoms with Gasteiger partial charge in [-0.1, -0.05) is 12.1 Å². The monoisotopic (exact) mass is 385 g/mol. The second kappa shape index (κ2) is 8.14. The maximum Gasteiger partial charge on any atom is 0.155 e. The number of hydrogen-bond donors (Lipinski definition) is 1. The lowest BCUT2D eigenvalue weighted by Gasteiger charge is -2.14.